The number of nitrogens with one attached hydrogen (secondary N) is 1. The van der Waals surface area contributed by atoms with Crippen molar-refractivity contribution in [3.63, 3.8) is 0 Å². The molecule has 3 rings (SSSR count). The molecule has 1 N–H and O–H groups in total. The molecular formula is C16H15NO2. The highest BCUT2D eigenvalue weighted by Crippen LogP contribution is 2.27. The van der Waals surface area contributed by atoms with Crippen LogP contribution in [-0.4, -0.2) is 19.4 Å². The Balaban J connectivity index is 1.95. The number of anilines is 1. The van der Waals surface area contributed by atoms with Crippen molar-refractivity contribution in [2.24, 2.45) is 0 Å². The van der Waals surface area contributed by atoms with E-state index in [0.29, 0.717) is 12.2 Å². The van der Waals surface area contributed by atoms with Gasteiger partial charge in [-0.25, -0.2) is 0 Å². The molecule has 0 atom stereocenters. The van der Waals surface area contributed by atoms with Gasteiger partial charge in [-0.15, -0.1) is 0 Å². The monoisotopic (exact) mass is 253 g/mol. The van der Waals surface area contributed by atoms with Crippen molar-refractivity contribution in [2.45, 2.75) is 6.42 Å². The van der Waals surface area contributed by atoms with Crippen LogP contribution in [0.15, 0.2) is 42.5 Å². The summed E-state index contributed by atoms with van der Waals surface area (Å²) in [4.78, 5) is 12.4. The second kappa shape index (κ2) is 4.76. The lowest BCUT2D eigenvalue weighted by atomic mass is 10.00. The van der Waals surface area contributed by atoms with Gasteiger partial charge in [-0.2, -0.15) is 0 Å². The van der Waals surface area contributed by atoms with E-state index in [2.05, 4.69) is 5.32 Å². The Hall–Kier alpha value is -2.29. The van der Waals surface area contributed by atoms with Gasteiger partial charge in [-0.05, 0) is 35.9 Å². The number of ether oxygens (including phenoxy) is 1. The highest BCUT2D eigenvalue weighted by atomic mass is 16.5. The zero-order chi connectivity index (χ0) is 13.2. The van der Waals surface area contributed by atoms with Crippen LogP contribution in [0.2, 0.25) is 0 Å². The van der Waals surface area contributed by atoms with E-state index in [-0.39, 0.29) is 5.78 Å². The van der Waals surface area contributed by atoms with Crippen LogP contribution in [-0.2, 0) is 6.42 Å². The first-order valence-electron chi connectivity index (χ1n) is 6.36. The molecule has 0 saturated heterocycles. The molecule has 19 heavy (non-hydrogen) atoms. The van der Waals surface area contributed by atoms with Crippen molar-refractivity contribution in [2.75, 3.05) is 19.0 Å². The van der Waals surface area contributed by atoms with Crippen molar-refractivity contribution in [1.29, 1.82) is 0 Å². The van der Waals surface area contributed by atoms with Crippen molar-refractivity contribution in [3.8, 4) is 5.75 Å². The van der Waals surface area contributed by atoms with Crippen LogP contribution in [0.1, 0.15) is 21.5 Å². The fourth-order valence-corrected chi connectivity index (χ4v) is 2.31. The zero-order valence-corrected chi connectivity index (χ0v) is 10.8. The van der Waals surface area contributed by atoms with Crippen molar-refractivity contribution in [1.82, 2.24) is 0 Å². The van der Waals surface area contributed by atoms with Gasteiger partial charge in [0.25, 0.3) is 0 Å². The Morgan fingerprint density at radius 1 is 1.16 bits per heavy atom. The minimum atomic E-state index is 0.0480. The molecule has 0 aromatic heterocycles. The lowest BCUT2D eigenvalue weighted by Gasteiger charge is -2.06. The van der Waals surface area contributed by atoms with E-state index in [1.807, 2.05) is 49.5 Å². The van der Waals surface area contributed by atoms with Crippen LogP contribution < -0.4 is 10.1 Å². The molecule has 3 heteroatoms. The summed E-state index contributed by atoms with van der Waals surface area (Å²) in [5, 5.41) is 3.04. The average molecular weight is 253 g/mol. The van der Waals surface area contributed by atoms with E-state index in [0.717, 1.165) is 29.0 Å². The smallest absolute Gasteiger partial charge is 0.193 e. The van der Waals surface area contributed by atoms with Gasteiger partial charge < -0.3 is 10.1 Å². The van der Waals surface area contributed by atoms with E-state index in [4.69, 9.17) is 4.74 Å². The number of benzene rings is 2. The SMILES string of the molecule is CNc1cccc(C(=O)c2ccc3c(c2)CCO3)c1. The number of carbonyl (C=O) groups excluding carboxylic acids is 1. The summed E-state index contributed by atoms with van der Waals surface area (Å²) < 4.78 is 5.45. The quantitative estimate of drug-likeness (QED) is 0.855. The largest absolute Gasteiger partial charge is 0.493 e. The van der Waals surface area contributed by atoms with Crippen LogP contribution in [0.25, 0.3) is 0 Å². The fraction of sp³-hybridized carbons (Fsp3) is 0.188. The summed E-state index contributed by atoms with van der Waals surface area (Å²) in [5.41, 5.74) is 3.48. The highest BCUT2D eigenvalue weighted by Gasteiger charge is 2.16. The maximum atomic E-state index is 12.4. The molecule has 0 fully saturated rings. The summed E-state index contributed by atoms with van der Waals surface area (Å²) in [5.74, 6) is 0.951. The summed E-state index contributed by atoms with van der Waals surface area (Å²) in [6.07, 6.45) is 0.882. The molecular weight excluding hydrogens is 238 g/mol. The molecule has 0 spiro atoms. The molecule has 1 aliphatic rings. The molecule has 0 unspecified atom stereocenters. The summed E-state index contributed by atoms with van der Waals surface area (Å²) in [6.45, 7) is 0.711. The lowest BCUT2D eigenvalue weighted by Crippen LogP contribution is -2.02. The summed E-state index contributed by atoms with van der Waals surface area (Å²) >= 11 is 0. The molecule has 0 amide bonds. The molecule has 96 valence electrons. The van der Waals surface area contributed by atoms with Crippen LogP contribution in [0.3, 0.4) is 0 Å². The van der Waals surface area contributed by atoms with Crippen molar-refractivity contribution >= 4 is 11.5 Å². The van der Waals surface area contributed by atoms with Gasteiger partial charge in [0.1, 0.15) is 5.75 Å². The highest BCUT2D eigenvalue weighted by molar-refractivity contribution is 6.09. The molecule has 1 heterocycles. The third kappa shape index (κ3) is 2.19. The third-order valence-electron chi connectivity index (χ3n) is 3.37. The topological polar surface area (TPSA) is 38.3 Å². The minimum Gasteiger partial charge on any atom is -0.493 e. The van der Waals surface area contributed by atoms with Gasteiger partial charge in [-0.3, -0.25) is 4.79 Å². The van der Waals surface area contributed by atoms with Crippen LogP contribution in [0.5, 0.6) is 5.75 Å². The van der Waals surface area contributed by atoms with Gasteiger partial charge in [0.15, 0.2) is 5.78 Å². The Bertz CT molecular complexity index is 634. The second-order valence-electron chi connectivity index (χ2n) is 4.58. The Kier molecular flexibility index (Phi) is 2.95. The van der Waals surface area contributed by atoms with E-state index in [9.17, 15) is 4.79 Å². The lowest BCUT2D eigenvalue weighted by molar-refractivity contribution is 0.103. The molecule has 1 aliphatic heterocycles. The second-order valence-corrected chi connectivity index (χ2v) is 4.58. The maximum absolute atomic E-state index is 12.4. The van der Waals surface area contributed by atoms with E-state index < -0.39 is 0 Å². The standard InChI is InChI=1S/C16H15NO2/c1-17-14-4-2-3-12(10-14)16(18)13-5-6-15-11(9-13)7-8-19-15/h2-6,9-10,17H,7-8H2,1H3. The zero-order valence-electron chi connectivity index (χ0n) is 10.8. The number of hydrogen-bond acceptors (Lipinski definition) is 3. The van der Waals surface area contributed by atoms with E-state index >= 15 is 0 Å². The minimum absolute atomic E-state index is 0.0480. The number of rotatable bonds is 3. The molecule has 0 saturated carbocycles. The first kappa shape index (κ1) is 11.8. The number of ketones is 1. The predicted molar refractivity (Wildman–Crippen MR) is 75.1 cm³/mol. The number of carbonyl (C=O) groups is 1. The number of fused-ring (bicyclic) bond motifs is 1. The van der Waals surface area contributed by atoms with Crippen LogP contribution in [0, 0.1) is 0 Å². The molecule has 2 aromatic carbocycles. The van der Waals surface area contributed by atoms with Gasteiger partial charge in [0, 0.05) is 30.3 Å². The van der Waals surface area contributed by atoms with E-state index in [1.54, 1.807) is 0 Å². The Labute approximate surface area is 112 Å². The fourth-order valence-electron chi connectivity index (χ4n) is 2.31. The van der Waals surface area contributed by atoms with Gasteiger partial charge >= 0.3 is 0 Å². The van der Waals surface area contributed by atoms with Gasteiger partial charge in [0.05, 0.1) is 6.61 Å². The number of hydrogen-bond donors (Lipinski definition) is 1. The van der Waals surface area contributed by atoms with Crippen LogP contribution in [0.4, 0.5) is 5.69 Å². The van der Waals surface area contributed by atoms with Crippen LogP contribution >= 0.6 is 0 Å². The molecule has 0 aliphatic carbocycles. The summed E-state index contributed by atoms with van der Waals surface area (Å²) in [6, 6.07) is 13.2. The third-order valence-corrected chi connectivity index (χ3v) is 3.37. The van der Waals surface area contributed by atoms with Gasteiger partial charge in [0.2, 0.25) is 0 Å². The normalized spacial score (nSPS) is 12.7. The molecule has 0 bridgehead atoms. The molecule has 0 radical (unpaired) electrons. The molecule has 2 aromatic rings. The first-order valence-corrected chi connectivity index (χ1v) is 6.36. The maximum Gasteiger partial charge on any atom is 0.193 e. The first-order chi connectivity index (χ1) is 9.28. The molecule has 3 nitrogen and oxygen atoms in total. The Morgan fingerprint density at radius 3 is 2.84 bits per heavy atom. The van der Waals surface area contributed by atoms with Crippen molar-refractivity contribution < 1.29 is 9.53 Å². The van der Waals surface area contributed by atoms with Crippen molar-refractivity contribution in [3.05, 3.63) is 59.2 Å². The summed E-state index contributed by atoms with van der Waals surface area (Å²) in [7, 11) is 1.84. The van der Waals surface area contributed by atoms with E-state index in [1.165, 1.54) is 0 Å². The predicted octanol–water partition coefficient (Wildman–Crippen LogP) is 2.89. The average Bonchev–Trinajstić information content (AvgIpc) is 2.94. The Morgan fingerprint density at radius 2 is 2.00 bits per heavy atom. The van der Waals surface area contributed by atoms with Gasteiger partial charge in [-0.1, -0.05) is 12.1 Å².